The number of nitrogens with one attached hydrogen (secondary N) is 1. The van der Waals surface area contributed by atoms with Gasteiger partial charge in [0, 0.05) is 29.0 Å². The van der Waals surface area contributed by atoms with Crippen molar-refractivity contribution in [3.63, 3.8) is 0 Å². The zero-order chi connectivity index (χ0) is 22.7. The van der Waals surface area contributed by atoms with Gasteiger partial charge < -0.3 is 19.5 Å². The molecule has 1 aromatic carbocycles. The van der Waals surface area contributed by atoms with E-state index in [1.54, 1.807) is 14.2 Å². The molecule has 6 heteroatoms. The van der Waals surface area contributed by atoms with Crippen LogP contribution < -0.4 is 14.8 Å². The Kier molecular flexibility index (Phi) is 6.87. The number of para-hydroxylation sites is 1. The molecule has 0 radical (unpaired) electrons. The molecule has 1 saturated carbocycles. The molecule has 0 saturated heterocycles. The SMILES string of the molecule is COc1cccc([C@@H]2C(C(=O)OC3CCCCCC3)=C(C)NC3=C2C(=O)CCC3)c1OC. The second-order valence-electron chi connectivity index (χ2n) is 8.87. The standard InChI is InChI=1S/C26H33NO5/c1-16-22(26(29)32-17-10-6-4-5-7-11-17)23(24-19(27-16)13-9-14-20(24)28)18-12-8-15-21(30-2)25(18)31-3/h8,12,15,17,23,27H,4-7,9-11,13-14H2,1-3H3/t23-/m1/s1. The lowest BCUT2D eigenvalue weighted by molar-refractivity contribution is -0.145. The van der Waals surface area contributed by atoms with Crippen LogP contribution in [0.3, 0.4) is 0 Å². The fourth-order valence-electron chi connectivity index (χ4n) is 5.28. The van der Waals surface area contributed by atoms with Crippen molar-refractivity contribution < 1.29 is 23.8 Å². The van der Waals surface area contributed by atoms with E-state index in [-0.39, 0.29) is 17.9 Å². The zero-order valence-corrected chi connectivity index (χ0v) is 19.3. The van der Waals surface area contributed by atoms with Gasteiger partial charge in [-0.25, -0.2) is 4.79 Å². The van der Waals surface area contributed by atoms with Crippen LogP contribution in [0.2, 0.25) is 0 Å². The number of benzene rings is 1. The van der Waals surface area contributed by atoms with Crippen molar-refractivity contribution in [2.24, 2.45) is 0 Å². The molecule has 1 N–H and O–H groups in total. The lowest BCUT2D eigenvalue weighted by Gasteiger charge is -2.35. The number of hydrogen-bond acceptors (Lipinski definition) is 6. The molecule has 0 spiro atoms. The highest BCUT2D eigenvalue weighted by Gasteiger charge is 2.41. The van der Waals surface area contributed by atoms with Gasteiger partial charge >= 0.3 is 5.97 Å². The normalized spacial score (nSPS) is 22.1. The van der Waals surface area contributed by atoms with Gasteiger partial charge in [0.05, 0.1) is 25.7 Å². The first kappa shape index (κ1) is 22.4. The predicted molar refractivity (Wildman–Crippen MR) is 122 cm³/mol. The summed E-state index contributed by atoms with van der Waals surface area (Å²) < 4.78 is 17.3. The molecule has 0 bridgehead atoms. The number of methoxy groups -OCH3 is 2. The maximum atomic E-state index is 13.6. The fraction of sp³-hybridized carbons (Fsp3) is 0.538. The van der Waals surface area contributed by atoms with Gasteiger partial charge in [-0.3, -0.25) is 4.79 Å². The Morgan fingerprint density at radius 3 is 2.44 bits per heavy atom. The van der Waals surface area contributed by atoms with Crippen molar-refractivity contribution in [1.29, 1.82) is 0 Å². The highest BCUT2D eigenvalue weighted by atomic mass is 16.5. The van der Waals surface area contributed by atoms with Crippen molar-refractivity contribution in [2.45, 2.75) is 76.7 Å². The number of carbonyl (C=O) groups is 2. The largest absolute Gasteiger partial charge is 0.493 e. The van der Waals surface area contributed by atoms with Gasteiger partial charge in [0.1, 0.15) is 6.10 Å². The number of hydrogen-bond donors (Lipinski definition) is 1. The highest BCUT2D eigenvalue weighted by molar-refractivity contribution is 6.04. The second-order valence-corrected chi connectivity index (χ2v) is 8.87. The van der Waals surface area contributed by atoms with Gasteiger partial charge in [-0.15, -0.1) is 0 Å². The smallest absolute Gasteiger partial charge is 0.337 e. The van der Waals surface area contributed by atoms with Crippen LogP contribution in [0.1, 0.15) is 76.2 Å². The molecule has 0 amide bonds. The van der Waals surface area contributed by atoms with Crippen molar-refractivity contribution in [2.75, 3.05) is 14.2 Å². The van der Waals surface area contributed by atoms with E-state index in [1.165, 1.54) is 12.8 Å². The summed E-state index contributed by atoms with van der Waals surface area (Å²) in [6, 6.07) is 5.60. The molecule has 32 heavy (non-hydrogen) atoms. The van der Waals surface area contributed by atoms with E-state index in [4.69, 9.17) is 14.2 Å². The van der Waals surface area contributed by atoms with Gasteiger partial charge in [-0.2, -0.15) is 0 Å². The molecule has 0 unspecified atom stereocenters. The Balaban J connectivity index is 1.79. The third kappa shape index (κ3) is 4.27. The lowest BCUT2D eigenvalue weighted by atomic mass is 9.75. The minimum atomic E-state index is -0.539. The van der Waals surface area contributed by atoms with Crippen LogP contribution in [0.4, 0.5) is 0 Å². The molecule has 1 fully saturated rings. The molecule has 4 rings (SSSR count). The van der Waals surface area contributed by atoms with Crippen LogP contribution in [0.5, 0.6) is 11.5 Å². The summed E-state index contributed by atoms with van der Waals surface area (Å²) in [6.07, 6.45) is 8.32. The quantitative estimate of drug-likeness (QED) is 0.518. The summed E-state index contributed by atoms with van der Waals surface area (Å²) in [5, 5.41) is 3.36. The first-order chi connectivity index (χ1) is 15.5. The average molecular weight is 440 g/mol. The maximum Gasteiger partial charge on any atom is 0.337 e. The van der Waals surface area contributed by atoms with Crippen LogP contribution in [0, 0.1) is 0 Å². The van der Waals surface area contributed by atoms with Crippen molar-refractivity contribution in [3.8, 4) is 11.5 Å². The first-order valence-electron chi connectivity index (χ1n) is 11.7. The number of ketones is 1. The summed E-state index contributed by atoms with van der Waals surface area (Å²) in [4.78, 5) is 26.7. The van der Waals surface area contributed by atoms with Crippen LogP contribution in [-0.2, 0) is 14.3 Å². The monoisotopic (exact) mass is 439 g/mol. The van der Waals surface area contributed by atoms with E-state index < -0.39 is 5.92 Å². The van der Waals surface area contributed by atoms with Crippen LogP contribution in [-0.4, -0.2) is 32.1 Å². The predicted octanol–water partition coefficient (Wildman–Crippen LogP) is 4.94. The minimum absolute atomic E-state index is 0.0703. The molecule has 2 aliphatic carbocycles. The molecular formula is C26H33NO5. The van der Waals surface area contributed by atoms with E-state index in [0.29, 0.717) is 29.1 Å². The highest BCUT2D eigenvalue weighted by Crippen LogP contribution is 2.47. The average Bonchev–Trinajstić information content (AvgIpc) is 3.06. The van der Waals surface area contributed by atoms with Crippen molar-refractivity contribution in [3.05, 3.63) is 46.3 Å². The third-order valence-corrected chi connectivity index (χ3v) is 6.82. The van der Waals surface area contributed by atoms with Crippen molar-refractivity contribution >= 4 is 11.8 Å². The molecule has 172 valence electrons. The molecular weight excluding hydrogens is 406 g/mol. The first-order valence-corrected chi connectivity index (χ1v) is 11.7. The van der Waals surface area contributed by atoms with Crippen LogP contribution in [0.15, 0.2) is 40.7 Å². The topological polar surface area (TPSA) is 73.9 Å². The van der Waals surface area contributed by atoms with Gasteiger partial charge in [0.15, 0.2) is 17.3 Å². The second kappa shape index (κ2) is 9.80. The van der Waals surface area contributed by atoms with E-state index >= 15 is 0 Å². The number of ether oxygens (including phenoxy) is 3. The summed E-state index contributed by atoms with van der Waals surface area (Å²) in [5.74, 6) is 0.299. The lowest BCUT2D eigenvalue weighted by Crippen LogP contribution is -2.35. The van der Waals surface area contributed by atoms with Crippen molar-refractivity contribution in [1.82, 2.24) is 5.32 Å². The van der Waals surface area contributed by atoms with Gasteiger partial charge in [0.25, 0.3) is 0 Å². The third-order valence-electron chi connectivity index (χ3n) is 6.82. The Hall–Kier alpha value is -2.76. The molecule has 0 aromatic heterocycles. The van der Waals surface area contributed by atoms with E-state index in [9.17, 15) is 9.59 Å². The Bertz CT molecular complexity index is 953. The molecule has 1 aromatic rings. The summed E-state index contributed by atoms with van der Waals surface area (Å²) >= 11 is 0. The molecule has 1 heterocycles. The molecule has 1 aliphatic heterocycles. The van der Waals surface area contributed by atoms with Crippen LogP contribution in [0.25, 0.3) is 0 Å². The number of Topliss-reactive ketones (excluding diaryl/α,β-unsaturated/α-hetero) is 1. The summed E-state index contributed by atoms with van der Waals surface area (Å²) in [6.45, 7) is 1.90. The Morgan fingerprint density at radius 2 is 1.75 bits per heavy atom. The fourth-order valence-corrected chi connectivity index (χ4v) is 5.28. The van der Waals surface area contributed by atoms with E-state index in [2.05, 4.69) is 5.32 Å². The summed E-state index contributed by atoms with van der Waals surface area (Å²) in [7, 11) is 3.17. The minimum Gasteiger partial charge on any atom is -0.493 e. The van der Waals surface area contributed by atoms with Crippen LogP contribution >= 0.6 is 0 Å². The zero-order valence-electron chi connectivity index (χ0n) is 19.3. The number of rotatable bonds is 5. The maximum absolute atomic E-state index is 13.6. The van der Waals surface area contributed by atoms with E-state index in [0.717, 1.165) is 55.5 Å². The van der Waals surface area contributed by atoms with Gasteiger partial charge in [0.2, 0.25) is 0 Å². The molecule has 6 nitrogen and oxygen atoms in total. The number of carbonyl (C=O) groups excluding carboxylic acids is 2. The summed E-state index contributed by atoms with van der Waals surface area (Å²) in [5.41, 5.74) is 3.55. The number of allylic oxidation sites excluding steroid dienone is 3. The Morgan fingerprint density at radius 1 is 1.00 bits per heavy atom. The molecule has 1 atom stereocenters. The van der Waals surface area contributed by atoms with Gasteiger partial charge in [-0.05, 0) is 51.5 Å². The van der Waals surface area contributed by atoms with Gasteiger partial charge in [-0.1, -0.05) is 25.0 Å². The molecule has 3 aliphatic rings. The number of esters is 1. The Labute approximate surface area is 190 Å². The van der Waals surface area contributed by atoms with E-state index in [1.807, 2.05) is 25.1 Å². The number of dihydropyridines is 1.